The van der Waals surface area contributed by atoms with E-state index in [1.54, 1.807) is 12.1 Å². The molecule has 1 heterocycles. The largest absolute Gasteiger partial charge is 0.363 e. The topological polar surface area (TPSA) is 73.4 Å². The number of nitriles is 1. The minimum atomic E-state index is -0.602. The van der Waals surface area contributed by atoms with Gasteiger partial charge in [0.15, 0.2) is 0 Å². The van der Waals surface area contributed by atoms with Gasteiger partial charge in [0.25, 0.3) is 5.69 Å². The van der Waals surface area contributed by atoms with E-state index in [2.05, 4.69) is 11.0 Å². The molecule has 2 aromatic rings. The lowest BCUT2D eigenvalue weighted by Crippen LogP contribution is -2.46. The van der Waals surface area contributed by atoms with Crippen molar-refractivity contribution in [2.45, 2.75) is 6.54 Å². The van der Waals surface area contributed by atoms with Crippen LogP contribution in [-0.2, 0) is 6.54 Å². The molecule has 1 fully saturated rings. The molecule has 3 rings (SSSR count). The van der Waals surface area contributed by atoms with Crippen LogP contribution in [0.3, 0.4) is 0 Å². The standard InChI is InChI=1S/C18H17FN4O2/c19-16-5-6-17(18(11-16)23(24)25)22-9-7-21(8-10-22)13-15-3-1-14(12-20)2-4-15/h1-6,11H,7-10,13H2. The number of nitrogens with zero attached hydrogens (tertiary/aromatic N) is 4. The van der Waals surface area contributed by atoms with E-state index >= 15 is 0 Å². The fraction of sp³-hybridized carbons (Fsp3) is 0.278. The summed E-state index contributed by atoms with van der Waals surface area (Å²) in [4.78, 5) is 14.8. The Hall–Kier alpha value is -2.98. The molecule has 0 radical (unpaired) electrons. The SMILES string of the molecule is N#Cc1ccc(CN2CCN(c3ccc(F)cc3[N+](=O)[O-])CC2)cc1. The third-order valence-electron chi connectivity index (χ3n) is 4.34. The molecule has 128 valence electrons. The zero-order chi connectivity index (χ0) is 17.8. The van der Waals surface area contributed by atoms with Crippen LogP contribution < -0.4 is 4.90 Å². The monoisotopic (exact) mass is 340 g/mol. The summed E-state index contributed by atoms with van der Waals surface area (Å²) >= 11 is 0. The number of hydrogen-bond acceptors (Lipinski definition) is 5. The quantitative estimate of drug-likeness (QED) is 0.632. The van der Waals surface area contributed by atoms with Crippen LogP contribution in [0.5, 0.6) is 0 Å². The molecule has 0 unspecified atom stereocenters. The number of nitro benzene ring substituents is 1. The second kappa shape index (κ2) is 7.28. The molecule has 1 saturated heterocycles. The first-order valence-electron chi connectivity index (χ1n) is 7.97. The van der Waals surface area contributed by atoms with E-state index in [0.717, 1.165) is 31.3 Å². The summed E-state index contributed by atoms with van der Waals surface area (Å²) in [6, 6.07) is 13.3. The van der Waals surface area contributed by atoms with Gasteiger partial charge in [-0.2, -0.15) is 5.26 Å². The average molecular weight is 340 g/mol. The third-order valence-corrected chi connectivity index (χ3v) is 4.34. The van der Waals surface area contributed by atoms with E-state index in [-0.39, 0.29) is 5.69 Å². The first-order valence-corrected chi connectivity index (χ1v) is 7.97. The number of halogens is 1. The molecule has 0 saturated carbocycles. The maximum atomic E-state index is 13.3. The Morgan fingerprint density at radius 1 is 1.12 bits per heavy atom. The first kappa shape index (κ1) is 16.9. The Bertz CT molecular complexity index is 809. The fourth-order valence-electron chi connectivity index (χ4n) is 3.00. The molecule has 2 aromatic carbocycles. The molecule has 0 aromatic heterocycles. The number of rotatable bonds is 4. The van der Waals surface area contributed by atoms with Crippen molar-refractivity contribution in [3.05, 3.63) is 69.5 Å². The maximum Gasteiger partial charge on any atom is 0.295 e. The number of nitro groups is 1. The van der Waals surface area contributed by atoms with Crippen LogP contribution in [0, 0.1) is 27.3 Å². The molecule has 0 N–H and O–H groups in total. The van der Waals surface area contributed by atoms with Crippen LogP contribution in [0.2, 0.25) is 0 Å². The zero-order valence-corrected chi connectivity index (χ0v) is 13.6. The van der Waals surface area contributed by atoms with Crippen LogP contribution in [0.4, 0.5) is 15.8 Å². The molecule has 1 aliphatic rings. The summed E-state index contributed by atoms with van der Waals surface area (Å²) in [6.07, 6.45) is 0. The molecule has 0 bridgehead atoms. The molecule has 0 amide bonds. The van der Waals surface area contributed by atoms with Crippen molar-refractivity contribution < 1.29 is 9.31 Å². The van der Waals surface area contributed by atoms with Gasteiger partial charge in [-0.25, -0.2) is 4.39 Å². The summed E-state index contributed by atoms with van der Waals surface area (Å²) < 4.78 is 13.3. The van der Waals surface area contributed by atoms with Gasteiger partial charge in [-0.15, -0.1) is 0 Å². The van der Waals surface area contributed by atoms with Gasteiger partial charge in [-0.1, -0.05) is 12.1 Å². The molecule has 7 heteroatoms. The molecule has 0 atom stereocenters. The van der Waals surface area contributed by atoms with Gasteiger partial charge in [-0.3, -0.25) is 15.0 Å². The Balaban J connectivity index is 1.64. The Morgan fingerprint density at radius 2 is 1.80 bits per heavy atom. The van der Waals surface area contributed by atoms with Crippen molar-refractivity contribution >= 4 is 11.4 Å². The van der Waals surface area contributed by atoms with Crippen LogP contribution >= 0.6 is 0 Å². The van der Waals surface area contributed by atoms with Crippen molar-refractivity contribution in [1.29, 1.82) is 5.26 Å². The highest BCUT2D eigenvalue weighted by Crippen LogP contribution is 2.29. The lowest BCUT2D eigenvalue weighted by atomic mass is 10.1. The second-order valence-electron chi connectivity index (χ2n) is 5.96. The average Bonchev–Trinajstić information content (AvgIpc) is 2.63. The molecule has 6 nitrogen and oxygen atoms in total. The van der Waals surface area contributed by atoms with Gasteiger partial charge in [0.05, 0.1) is 22.6 Å². The Labute approximate surface area is 144 Å². The normalized spacial score (nSPS) is 15.0. The molecule has 0 spiro atoms. The third kappa shape index (κ3) is 3.92. The van der Waals surface area contributed by atoms with E-state index in [1.807, 2.05) is 17.0 Å². The summed E-state index contributed by atoms with van der Waals surface area (Å²) in [6.45, 7) is 3.57. The highest BCUT2D eigenvalue weighted by atomic mass is 19.1. The van der Waals surface area contributed by atoms with Crippen LogP contribution in [-0.4, -0.2) is 36.0 Å². The van der Waals surface area contributed by atoms with Gasteiger partial charge in [0, 0.05) is 32.7 Å². The highest BCUT2D eigenvalue weighted by Gasteiger charge is 2.24. The van der Waals surface area contributed by atoms with Crippen molar-refractivity contribution in [3.8, 4) is 6.07 Å². The Kier molecular flexibility index (Phi) is 4.91. The van der Waals surface area contributed by atoms with Crippen LogP contribution in [0.25, 0.3) is 0 Å². The van der Waals surface area contributed by atoms with E-state index in [9.17, 15) is 14.5 Å². The first-order chi connectivity index (χ1) is 12.1. The van der Waals surface area contributed by atoms with Gasteiger partial charge >= 0.3 is 0 Å². The summed E-state index contributed by atoms with van der Waals surface area (Å²) in [5.74, 6) is -0.602. The van der Waals surface area contributed by atoms with Gasteiger partial charge in [-0.05, 0) is 29.8 Å². The van der Waals surface area contributed by atoms with Crippen molar-refractivity contribution in [2.24, 2.45) is 0 Å². The predicted octanol–water partition coefficient (Wildman–Crippen LogP) is 2.93. The molecular weight excluding hydrogens is 323 g/mol. The lowest BCUT2D eigenvalue weighted by molar-refractivity contribution is -0.384. The smallest absolute Gasteiger partial charge is 0.295 e. The van der Waals surface area contributed by atoms with E-state index in [1.165, 1.54) is 12.1 Å². The number of benzene rings is 2. The number of piperazine rings is 1. The van der Waals surface area contributed by atoms with Gasteiger partial charge < -0.3 is 4.90 Å². The van der Waals surface area contributed by atoms with Crippen LogP contribution in [0.15, 0.2) is 42.5 Å². The fourth-order valence-corrected chi connectivity index (χ4v) is 3.00. The van der Waals surface area contributed by atoms with Crippen molar-refractivity contribution in [2.75, 3.05) is 31.1 Å². The summed E-state index contributed by atoms with van der Waals surface area (Å²) in [7, 11) is 0. The predicted molar refractivity (Wildman–Crippen MR) is 91.7 cm³/mol. The maximum absolute atomic E-state index is 13.3. The van der Waals surface area contributed by atoms with Crippen molar-refractivity contribution in [1.82, 2.24) is 4.90 Å². The van der Waals surface area contributed by atoms with Gasteiger partial charge in [0.2, 0.25) is 0 Å². The number of anilines is 1. The van der Waals surface area contributed by atoms with E-state index in [4.69, 9.17) is 5.26 Å². The minimum Gasteiger partial charge on any atom is -0.363 e. The molecular formula is C18H17FN4O2. The van der Waals surface area contributed by atoms with E-state index < -0.39 is 10.7 Å². The minimum absolute atomic E-state index is 0.194. The zero-order valence-electron chi connectivity index (χ0n) is 13.6. The molecule has 25 heavy (non-hydrogen) atoms. The Morgan fingerprint density at radius 3 is 2.40 bits per heavy atom. The van der Waals surface area contributed by atoms with Crippen LogP contribution in [0.1, 0.15) is 11.1 Å². The molecule has 0 aliphatic carbocycles. The second-order valence-corrected chi connectivity index (χ2v) is 5.96. The van der Waals surface area contributed by atoms with Crippen molar-refractivity contribution in [3.63, 3.8) is 0 Å². The van der Waals surface area contributed by atoms with E-state index in [0.29, 0.717) is 24.3 Å². The summed E-state index contributed by atoms with van der Waals surface area (Å²) in [5, 5.41) is 20.0. The molecule has 1 aliphatic heterocycles. The summed E-state index contributed by atoms with van der Waals surface area (Å²) in [5.41, 5.74) is 2.03. The lowest BCUT2D eigenvalue weighted by Gasteiger charge is -2.35. The number of hydrogen-bond donors (Lipinski definition) is 0. The van der Waals surface area contributed by atoms with Gasteiger partial charge in [0.1, 0.15) is 11.5 Å². The highest BCUT2D eigenvalue weighted by molar-refractivity contribution is 5.63.